The lowest BCUT2D eigenvalue weighted by Gasteiger charge is -2.00. The topological polar surface area (TPSA) is 88.8 Å². The summed E-state index contributed by atoms with van der Waals surface area (Å²) in [6.45, 7) is 0. The van der Waals surface area contributed by atoms with E-state index in [0.29, 0.717) is 12.1 Å². The van der Waals surface area contributed by atoms with E-state index in [1.54, 1.807) is 0 Å². The summed E-state index contributed by atoms with van der Waals surface area (Å²) in [6.07, 6.45) is 4.59. The predicted octanol–water partition coefficient (Wildman–Crippen LogP) is 0.709. The van der Waals surface area contributed by atoms with Crippen LogP contribution in [-0.2, 0) is 4.84 Å². The summed E-state index contributed by atoms with van der Waals surface area (Å²) in [4.78, 5) is 16.9. The molecule has 0 saturated carbocycles. The molecule has 12 heavy (non-hydrogen) atoms. The maximum absolute atomic E-state index is 9.85. The predicted molar refractivity (Wildman–Crippen MR) is 38.5 cm³/mol. The normalized spacial score (nSPS) is 15.0. The fraction of sp³-hybridized carbons (Fsp3) is 0.167. The fourth-order valence-electron chi connectivity index (χ4n) is 0.747. The molecule has 0 saturated heterocycles. The lowest BCUT2D eigenvalue weighted by Crippen LogP contribution is -2.04. The van der Waals surface area contributed by atoms with Gasteiger partial charge < -0.3 is 5.53 Å². The quantitative estimate of drug-likeness (QED) is 0.262. The first-order valence-electron chi connectivity index (χ1n) is 3.14. The van der Waals surface area contributed by atoms with Crippen molar-refractivity contribution in [1.82, 2.24) is 0 Å². The van der Waals surface area contributed by atoms with Gasteiger partial charge in [0.2, 0.25) is 0 Å². The van der Waals surface area contributed by atoms with E-state index >= 15 is 0 Å². The van der Waals surface area contributed by atoms with Gasteiger partial charge in [-0.3, -0.25) is 4.84 Å². The molecule has 62 valence electrons. The molecule has 0 heterocycles. The summed E-state index contributed by atoms with van der Waals surface area (Å²) in [6, 6.07) is 0. The molecule has 0 bridgehead atoms. The second-order valence-corrected chi connectivity index (χ2v) is 2.05. The lowest BCUT2D eigenvalue weighted by molar-refractivity contribution is -0.741. The Bertz CT molecular complexity index is 312. The van der Waals surface area contributed by atoms with Crippen molar-refractivity contribution in [3.05, 3.63) is 39.6 Å². The van der Waals surface area contributed by atoms with Gasteiger partial charge in [-0.1, -0.05) is 0 Å². The SMILES string of the molecule is [N-]=[N+]=C1C=CC(O[N+](=O)[O-])=CC1. The van der Waals surface area contributed by atoms with Gasteiger partial charge in [0.1, 0.15) is 5.76 Å². The van der Waals surface area contributed by atoms with Crippen LogP contribution in [-0.4, -0.2) is 15.6 Å². The van der Waals surface area contributed by atoms with Gasteiger partial charge in [-0.2, -0.15) is 4.79 Å². The second kappa shape index (κ2) is 3.45. The standard InChI is InChI=1S/C6H5N3O3/c7-8-5-1-3-6(4-2-5)12-9(10)11/h1,3-4H,2H2. The third-order valence-corrected chi connectivity index (χ3v) is 1.26. The van der Waals surface area contributed by atoms with E-state index < -0.39 is 5.09 Å². The van der Waals surface area contributed by atoms with Gasteiger partial charge in [0, 0.05) is 6.08 Å². The van der Waals surface area contributed by atoms with Gasteiger partial charge >= 0.3 is 0 Å². The van der Waals surface area contributed by atoms with E-state index in [4.69, 9.17) is 5.53 Å². The number of hydrogen-bond acceptors (Lipinski definition) is 3. The van der Waals surface area contributed by atoms with Crippen molar-refractivity contribution >= 4 is 5.71 Å². The van der Waals surface area contributed by atoms with Crippen LogP contribution in [0.2, 0.25) is 0 Å². The summed E-state index contributed by atoms with van der Waals surface area (Å²) in [5, 5.41) is 8.96. The van der Waals surface area contributed by atoms with Gasteiger partial charge in [0.05, 0.1) is 6.42 Å². The molecule has 0 aliphatic heterocycles. The summed E-state index contributed by atoms with van der Waals surface area (Å²) < 4.78 is 0. The van der Waals surface area contributed by atoms with Crippen LogP contribution >= 0.6 is 0 Å². The Morgan fingerprint density at radius 2 is 2.42 bits per heavy atom. The number of allylic oxidation sites excluding steroid dienone is 3. The van der Waals surface area contributed by atoms with E-state index in [0.717, 1.165) is 0 Å². The summed E-state index contributed by atoms with van der Waals surface area (Å²) in [5.74, 6) is 0.146. The molecular formula is C6H5N3O3. The molecule has 0 fully saturated rings. The summed E-state index contributed by atoms with van der Waals surface area (Å²) >= 11 is 0. The van der Waals surface area contributed by atoms with Crippen molar-refractivity contribution in [2.24, 2.45) is 0 Å². The molecule has 1 aliphatic rings. The van der Waals surface area contributed by atoms with Crippen molar-refractivity contribution in [3.8, 4) is 0 Å². The maximum Gasteiger partial charge on any atom is 0.299 e. The summed E-state index contributed by atoms with van der Waals surface area (Å²) in [7, 11) is 0. The van der Waals surface area contributed by atoms with Gasteiger partial charge in [-0.05, 0) is 12.2 Å². The van der Waals surface area contributed by atoms with E-state index in [-0.39, 0.29) is 5.76 Å². The van der Waals surface area contributed by atoms with Crippen LogP contribution < -0.4 is 0 Å². The molecule has 0 aromatic carbocycles. The Morgan fingerprint density at radius 1 is 1.67 bits per heavy atom. The monoisotopic (exact) mass is 167 g/mol. The molecule has 6 heteroatoms. The molecular weight excluding hydrogens is 162 g/mol. The van der Waals surface area contributed by atoms with Gasteiger partial charge in [-0.15, -0.1) is 10.1 Å². The molecule has 0 aromatic rings. The Morgan fingerprint density at radius 3 is 2.83 bits per heavy atom. The van der Waals surface area contributed by atoms with E-state index in [2.05, 4.69) is 9.63 Å². The van der Waals surface area contributed by atoms with Gasteiger partial charge in [-0.25, -0.2) is 0 Å². The average Bonchev–Trinajstić information content (AvgIpc) is 2.05. The second-order valence-electron chi connectivity index (χ2n) is 2.05. The van der Waals surface area contributed by atoms with Crippen LogP contribution in [0.1, 0.15) is 6.42 Å². The summed E-state index contributed by atoms with van der Waals surface area (Å²) in [5.41, 5.74) is 8.73. The van der Waals surface area contributed by atoms with Crippen LogP contribution in [0, 0.1) is 10.1 Å². The van der Waals surface area contributed by atoms with Gasteiger partial charge in [0.15, 0.2) is 0 Å². The molecule has 0 amide bonds. The minimum absolute atomic E-state index is 0.146. The zero-order chi connectivity index (χ0) is 8.97. The molecule has 0 unspecified atom stereocenters. The first kappa shape index (κ1) is 8.16. The smallest absolute Gasteiger partial charge is 0.299 e. The van der Waals surface area contributed by atoms with Crippen LogP contribution in [0.4, 0.5) is 0 Å². The fourth-order valence-corrected chi connectivity index (χ4v) is 0.747. The van der Waals surface area contributed by atoms with Crippen molar-refractivity contribution in [2.45, 2.75) is 6.42 Å². The van der Waals surface area contributed by atoms with Crippen LogP contribution in [0.3, 0.4) is 0 Å². The largest absolute Gasteiger partial charge is 0.361 e. The highest BCUT2D eigenvalue weighted by atomic mass is 17.0. The number of rotatable bonds is 2. The molecule has 1 aliphatic carbocycles. The van der Waals surface area contributed by atoms with Crippen molar-refractivity contribution in [2.75, 3.05) is 0 Å². The molecule has 6 nitrogen and oxygen atoms in total. The third-order valence-electron chi connectivity index (χ3n) is 1.26. The Hall–Kier alpha value is -1.94. The van der Waals surface area contributed by atoms with Crippen molar-refractivity contribution in [3.63, 3.8) is 0 Å². The lowest BCUT2D eigenvalue weighted by atomic mass is 10.1. The Balaban J connectivity index is 2.64. The Kier molecular flexibility index (Phi) is 2.35. The van der Waals surface area contributed by atoms with E-state index in [1.165, 1.54) is 18.2 Å². The van der Waals surface area contributed by atoms with Crippen molar-refractivity contribution in [1.29, 1.82) is 0 Å². The highest BCUT2D eigenvalue weighted by molar-refractivity contribution is 5.92. The van der Waals surface area contributed by atoms with E-state index in [1.807, 2.05) is 0 Å². The Labute approximate surface area is 67.5 Å². The molecule has 0 atom stereocenters. The van der Waals surface area contributed by atoms with Gasteiger partial charge in [0.25, 0.3) is 10.8 Å². The highest BCUT2D eigenvalue weighted by Gasteiger charge is 2.09. The van der Waals surface area contributed by atoms with Crippen LogP contribution in [0.15, 0.2) is 24.0 Å². The van der Waals surface area contributed by atoms with E-state index in [9.17, 15) is 10.1 Å². The van der Waals surface area contributed by atoms with Crippen molar-refractivity contribution < 1.29 is 14.7 Å². The molecule has 1 rings (SSSR count). The first-order valence-corrected chi connectivity index (χ1v) is 3.14. The zero-order valence-electron chi connectivity index (χ0n) is 6.01. The molecule has 0 radical (unpaired) electrons. The minimum atomic E-state index is -0.892. The zero-order valence-corrected chi connectivity index (χ0v) is 6.01. The first-order chi connectivity index (χ1) is 5.72. The molecule has 0 spiro atoms. The molecule has 0 aromatic heterocycles. The molecule has 0 N–H and O–H groups in total. The highest BCUT2D eigenvalue weighted by Crippen LogP contribution is 2.07. The minimum Gasteiger partial charge on any atom is -0.361 e. The van der Waals surface area contributed by atoms with Crippen LogP contribution in [0.5, 0.6) is 0 Å². The maximum atomic E-state index is 9.85. The third kappa shape index (κ3) is 2.03. The number of hydrogen-bond donors (Lipinski definition) is 0. The van der Waals surface area contributed by atoms with Crippen LogP contribution in [0.25, 0.3) is 5.53 Å². The number of nitrogens with zero attached hydrogens (tertiary/aromatic N) is 3. The average molecular weight is 167 g/mol.